The van der Waals surface area contributed by atoms with Crippen LogP contribution in [0.3, 0.4) is 0 Å². The van der Waals surface area contributed by atoms with Gasteiger partial charge in [-0.15, -0.1) is 4.91 Å². The Morgan fingerprint density at radius 3 is 2.20 bits per heavy atom. The molecule has 0 aliphatic carbocycles. The van der Waals surface area contributed by atoms with Crippen LogP contribution in [0.15, 0.2) is 65.8 Å². The van der Waals surface area contributed by atoms with Crippen molar-refractivity contribution in [3.05, 3.63) is 87.8 Å². The van der Waals surface area contributed by atoms with E-state index >= 15 is 0 Å². The molecule has 0 saturated carbocycles. The molecule has 2 fully saturated rings. The van der Waals surface area contributed by atoms with Crippen molar-refractivity contribution in [3.8, 4) is 5.75 Å². The number of benzene rings is 3. The van der Waals surface area contributed by atoms with Crippen LogP contribution in [-0.2, 0) is 4.74 Å². The number of hydrogen-bond donors (Lipinski definition) is 1. The number of piperazine rings is 1. The molecule has 2 aliphatic rings. The maximum absolute atomic E-state index is 11.0. The van der Waals surface area contributed by atoms with Crippen molar-refractivity contribution < 1.29 is 14.6 Å². The molecule has 2 atom stereocenters. The number of nitroso groups, excluding NO2 is 1. The van der Waals surface area contributed by atoms with Crippen molar-refractivity contribution in [2.45, 2.75) is 33.2 Å². The lowest BCUT2D eigenvalue weighted by Crippen LogP contribution is -2.46. The van der Waals surface area contributed by atoms with Gasteiger partial charge in [0, 0.05) is 43.1 Å². The lowest BCUT2D eigenvalue weighted by atomic mass is 10.1. The first-order chi connectivity index (χ1) is 16.9. The predicted molar refractivity (Wildman–Crippen MR) is 140 cm³/mol. The van der Waals surface area contributed by atoms with Gasteiger partial charge in [0.15, 0.2) is 6.29 Å². The average Bonchev–Trinajstić information content (AvgIpc) is 3.62. The molecule has 1 N–H and O–H groups in total. The zero-order valence-corrected chi connectivity index (χ0v) is 20.8. The fourth-order valence-corrected chi connectivity index (χ4v) is 4.34. The summed E-state index contributed by atoms with van der Waals surface area (Å²) in [6.45, 7) is 10.1. The lowest BCUT2D eigenvalue weighted by molar-refractivity contribution is 0.156. The number of aliphatic hydroxyl groups is 1. The van der Waals surface area contributed by atoms with Gasteiger partial charge in [0.25, 0.3) is 0 Å². The summed E-state index contributed by atoms with van der Waals surface area (Å²) in [6, 6.07) is 20.0. The molecule has 2 saturated heterocycles. The molecule has 3 aromatic carbocycles. The van der Waals surface area contributed by atoms with E-state index in [2.05, 4.69) is 53.9 Å². The quantitative estimate of drug-likeness (QED) is 0.392. The first kappa shape index (κ1) is 24.7. The number of epoxide rings is 1. The molecule has 5 rings (SSSR count). The summed E-state index contributed by atoms with van der Waals surface area (Å²) in [5.74, 6) is 0.917. The molecule has 0 amide bonds. The van der Waals surface area contributed by atoms with Gasteiger partial charge in [-0.25, -0.2) is 0 Å². The number of hydrogen-bond acceptors (Lipinski definition) is 7. The number of anilines is 2. The molecule has 0 radical (unpaired) electrons. The maximum Gasteiger partial charge on any atom is 0.186 e. The molecule has 2 heterocycles. The van der Waals surface area contributed by atoms with Gasteiger partial charge < -0.3 is 24.4 Å². The fraction of sp³-hybridized carbons (Fsp3) is 0.357. The standard InChI is InChI=1S/C20H23N3O3.C8H10O/c1-13-4-3-5-18(14(13)2)23-10-8-22(9-11-23)15-6-7-17(21-25)16(12-15)19-20(24)26-19;1-7-3-5-8(9-2)6-4-7/h3-7,12,19-20,24H,8-11H2,1-2H3;3-6H,1-2H3. The van der Waals surface area contributed by atoms with Crippen molar-refractivity contribution in [2.75, 3.05) is 43.1 Å². The molecule has 7 heteroatoms. The molecule has 0 spiro atoms. The molecular formula is C28H33N3O4. The Balaban J connectivity index is 0.000000271. The number of aryl methyl sites for hydroxylation is 2. The van der Waals surface area contributed by atoms with Gasteiger partial charge in [0.05, 0.1) is 7.11 Å². The first-order valence-electron chi connectivity index (χ1n) is 11.9. The zero-order valence-electron chi connectivity index (χ0n) is 20.8. The summed E-state index contributed by atoms with van der Waals surface area (Å²) >= 11 is 0. The van der Waals surface area contributed by atoms with Gasteiger partial charge in [-0.1, -0.05) is 29.8 Å². The zero-order chi connectivity index (χ0) is 24.9. The summed E-state index contributed by atoms with van der Waals surface area (Å²) in [4.78, 5) is 15.7. The Kier molecular flexibility index (Phi) is 7.68. The Hall–Kier alpha value is -3.42. The minimum atomic E-state index is -0.827. The van der Waals surface area contributed by atoms with Gasteiger partial charge in [-0.3, -0.25) is 0 Å². The summed E-state index contributed by atoms with van der Waals surface area (Å²) in [5, 5.41) is 12.6. The van der Waals surface area contributed by atoms with Gasteiger partial charge >= 0.3 is 0 Å². The Morgan fingerprint density at radius 2 is 1.60 bits per heavy atom. The topological polar surface area (TPSA) is 77.9 Å². The van der Waals surface area contributed by atoms with E-state index in [1.54, 1.807) is 13.2 Å². The second-order valence-electron chi connectivity index (χ2n) is 8.99. The van der Waals surface area contributed by atoms with Gasteiger partial charge in [-0.2, -0.15) is 0 Å². The van der Waals surface area contributed by atoms with Crippen LogP contribution >= 0.6 is 0 Å². The Bertz CT molecular complexity index is 1160. The smallest absolute Gasteiger partial charge is 0.186 e. The van der Waals surface area contributed by atoms with Crippen LogP contribution in [-0.4, -0.2) is 44.7 Å². The van der Waals surface area contributed by atoms with Crippen LogP contribution in [0.25, 0.3) is 0 Å². The number of rotatable bonds is 5. The molecule has 2 unspecified atom stereocenters. The van der Waals surface area contributed by atoms with Crippen LogP contribution in [0.4, 0.5) is 17.1 Å². The van der Waals surface area contributed by atoms with Gasteiger partial charge in [-0.05, 0) is 73.5 Å². The van der Waals surface area contributed by atoms with Crippen molar-refractivity contribution in [1.82, 2.24) is 0 Å². The summed E-state index contributed by atoms with van der Waals surface area (Å²) in [6.07, 6.45) is -1.26. The highest BCUT2D eigenvalue weighted by Gasteiger charge is 2.40. The lowest BCUT2D eigenvalue weighted by Gasteiger charge is -2.38. The van der Waals surface area contributed by atoms with Crippen molar-refractivity contribution in [2.24, 2.45) is 5.18 Å². The predicted octanol–water partition coefficient (Wildman–Crippen LogP) is 5.42. The second kappa shape index (κ2) is 10.9. The highest BCUT2D eigenvalue weighted by atomic mass is 16.7. The molecular weight excluding hydrogens is 442 g/mol. The number of aliphatic hydroxyl groups excluding tert-OH is 1. The molecule has 0 bridgehead atoms. The monoisotopic (exact) mass is 475 g/mol. The maximum atomic E-state index is 11.0. The molecule has 184 valence electrons. The largest absolute Gasteiger partial charge is 0.497 e. The Morgan fingerprint density at radius 1 is 0.943 bits per heavy atom. The summed E-state index contributed by atoms with van der Waals surface area (Å²) in [7, 11) is 1.67. The first-order valence-corrected chi connectivity index (χ1v) is 11.9. The molecule has 35 heavy (non-hydrogen) atoms. The number of methoxy groups -OCH3 is 1. The molecule has 7 nitrogen and oxygen atoms in total. The minimum Gasteiger partial charge on any atom is -0.497 e. The highest BCUT2D eigenvalue weighted by Crippen LogP contribution is 2.43. The third-order valence-electron chi connectivity index (χ3n) is 6.70. The summed E-state index contributed by atoms with van der Waals surface area (Å²) < 4.78 is 10.1. The average molecular weight is 476 g/mol. The van der Waals surface area contributed by atoms with Crippen LogP contribution in [0.5, 0.6) is 5.75 Å². The van der Waals surface area contributed by atoms with E-state index in [4.69, 9.17) is 9.47 Å². The van der Waals surface area contributed by atoms with Gasteiger partial charge in [0.1, 0.15) is 17.5 Å². The van der Waals surface area contributed by atoms with Crippen LogP contribution < -0.4 is 14.5 Å². The number of nitrogens with zero attached hydrogens (tertiary/aromatic N) is 3. The van der Waals surface area contributed by atoms with E-state index in [0.717, 1.165) is 37.6 Å². The van der Waals surface area contributed by atoms with Crippen LogP contribution in [0.2, 0.25) is 0 Å². The SMILES string of the molecule is COc1ccc(C)cc1.Cc1cccc(N2CCN(c3ccc(N=O)c(C4OC4O)c3)CC2)c1C. The van der Waals surface area contributed by atoms with Crippen molar-refractivity contribution in [3.63, 3.8) is 0 Å². The van der Waals surface area contributed by atoms with E-state index in [1.165, 1.54) is 22.4 Å². The van der Waals surface area contributed by atoms with E-state index in [9.17, 15) is 10.0 Å². The van der Waals surface area contributed by atoms with E-state index in [-0.39, 0.29) is 0 Å². The van der Waals surface area contributed by atoms with Crippen LogP contribution in [0, 0.1) is 25.7 Å². The van der Waals surface area contributed by atoms with E-state index < -0.39 is 12.4 Å². The van der Waals surface area contributed by atoms with E-state index in [1.807, 2.05) is 36.4 Å². The van der Waals surface area contributed by atoms with Crippen molar-refractivity contribution >= 4 is 17.1 Å². The normalized spacial score (nSPS) is 19.0. The fourth-order valence-electron chi connectivity index (χ4n) is 4.34. The molecule has 3 aromatic rings. The van der Waals surface area contributed by atoms with Gasteiger partial charge in [0.2, 0.25) is 0 Å². The highest BCUT2D eigenvalue weighted by molar-refractivity contribution is 5.61. The number of ether oxygens (including phenoxy) is 2. The third kappa shape index (κ3) is 5.81. The molecule has 0 aromatic heterocycles. The second-order valence-corrected chi connectivity index (χ2v) is 8.99. The van der Waals surface area contributed by atoms with E-state index in [0.29, 0.717) is 11.3 Å². The minimum absolute atomic E-state index is 0.337. The summed E-state index contributed by atoms with van der Waals surface area (Å²) in [5.41, 5.74) is 7.26. The Labute approximate surface area is 206 Å². The van der Waals surface area contributed by atoms with Crippen molar-refractivity contribution in [1.29, 1.82) is 0 Å². The third-order valence-corrected chi connectivity index (χ3v) is 6.70. The molecule has 2 aliphatic heterocycles. The van der Waals surface area contributed by atoms with Crippen LogP contribution in [0.1, 0.15) is 28.4 Å².